The molecule has 1 aliphatic rings. The second-order valence-corrected chi connectivity index (χ2v) is 6.18. The molecule has 0 fully saturated rings. The van der Waals surface area contributed by atoms with E-state index in [1.807, 2.05) is 0 Å². The van der Waals surface area contributed by atoms with Crippen molar-refractivity contribution in [3.8, 4) is 0 Å². The number of carbonyl (C=O) groups is 3. The van der Waals surface area contributed by atoms with E-state index in [9.17, 15) is 37.1 Å². The van der Waals surface area contributed by atoms with Crippen LogP contribution < -0.4 is 10.4 Å². The van der Waals surface area contributed by atoms with Crippen molar-refractivity contribution in [1.82, 2.24) is 0 Å². The van der Waals surface area contributed by atoms with E-state index >= 15 is 0 Å². The second-order valence-electron chi connectivity index (χ2n) is 6.18. The summed E-state index contributed by atoms with van der Waals surface area (Å²) in [4.78, 5) is 35.2. The maximum absolute atomic E-state index is 12.9. The Bertz CT molecular complexity index is 764. The third-order valence-electron chi connectivity index (χ3n) is 4.19. The Morgan fingerprint density at radius 2 is 1.68 bits per heavy atom. The molecule has 1 amide bonds. The maximum atomic E-state index is 12.9. The van der Waals surface area contributed by atoms with Gasteiger partial charge in [0, 0.05) is 5.69 Å². The van der Waals surface area contributed by atoms with Gasteiger partial charge in [-0.2, -0.15) is 8.78 Å². The molecule has 1 aromatic rings. The fourth-order valence-electron chi connectivity index (χ4n) is 2.63. The summed E-state index contributed by atoms with van der Waals surface area (Å²) >= 11 is 0. The van der Waals surface area contributed by atoms with E-state index in [4.69, 9.17) is 0 Å². The lowest BCUT2D eigenvalue weighted by molar-refractivity contribution is -0.255. The molecule has 0 aromatic heterocycles. The van der Waals surface area contributed by atoms with E-state index in [-0.39, 0.29) is 24.1 Å². The predicted molar refractivity (Wildman–Crippen MR) is 86.7 cm³/mol. The van der Waals surface area contributed by atoms with E-state index in [2.05, 4.69) is 10.1 Å². The van der Waals surface area contributed by atoms with Gasteiger partial charge in [0.25, 0.3) is 0 Å². The molecule has 2 rings (SSSR count). The van der Waals surface area contributed by atoms with Gasteiger partial charge in [-0.05, 0) is 30.5 Å². The molecule has 28 heavy (non-hydrogen) atoms. The van der Waals surface area contributed by atoms with Gasteiger partial charge in [0.1, 0.15) is 0 Å². The van der Waals surface area contributed by atoms with E-state index in [1.54, 1.807) is 12.2 Å². The Balaban J connectivity index is 2.03. The van der Waals surface area contributed by atoms with Gasteiger partial charge in [-0.15, -0.1) is 0 Å². The molecule has 152 valence electrons. The maximum Gasteiger partial charge on any atom is 0.340 e. The van der Waals surface area contributed by atoms with Gasteiger partial charge in [0.2, 0.25) is 5.91 Å². The average Bonchev–Trinajstić information content (AvgIpc) is 2.66. The summed E-state index contributed by atoms with van der Waals surface area (Å²) in [7, 11) is 0. The first-order valence-electron chi connectivity index (χ1n) is 8.21. The second kappa shape index (κ2) is 8.85. The minimum absolute atomic E-state index is 0.0286. The van der Waals surface area contributed by atoms with E-state index in [0.717, 1.165) is 0 Å². The van der Waals surface area contributed by atoms with Crippen molar-refractivity contribution in [3.63, 3.8) is 0 Å². The lowest BCUT2D eigenvalue weighted by Crippen LogP contribution is -2.39. The molecule has 0 radical (unpaired) electrons. The highest BCUT2D eigenvalue weighted by molar-refractivity contribution is 5.96. The summed E-state index contributed by atoms with van der Waals surface area (Å²) in [6.07, 6.45) is -0.639. The Morgan fingerprint density at radius 3 is 2.21 bits per heavy atom. The zero-order valence-corrected chi connectivity index (χ0v) is 14.4. The molecule has 0 bridgehead atoms. The highest BCUT2D eigenvalue weighted by Crippen LogP contribution is 2.30. The van der Waals surface area contributed by atoms with E-state index < -0.39 is 48.6 Å². The topological polar surface area (TPSA) is 95.5 Å². The summed E-state index contributed by atoms with van der Waals surface area (Å²) < 4.78 is 54.6. The van der Waals surface area contributed by atoms with Gasteiger partial charge in [0.05, 0.1) is 17.8 Å². The first kappa shape index (κ1) is 21.4. The average molecular weight is 402 g/mol. The number of anilines is 1. The van der Waals surface area contributed by atoms with Crippen LogP contribution in [0.15, 0.2) is 36.4 Å². The fourth-order valence-corrected chi connectivity index (χ4v) is 2.63. The summed E-state index contributed by atoms with van der Waals surface area (Å²) in [5, 5.41) is 13.2. The van der Waals surface area contributed by atoms with Gasteiger partial charge in [-0.3, -0.25) is 9.59 Å². The molecular weight excluding hydrogens is 386 g/mol. The van der Waals surface area contributed by atoms with Gasteiger partial charge >= 0.3 is 18.3 Å². The van der Waals surface area contributed by atoms with Crippen molar-refractivity contribution in [3.05, 3.63) is 42.0 Å². The Morgan fingerprint density at radius 1 is 1.11 bits per heavy atom. The monoisotopic (exact) mass is 402 g/mol. The van der Waals surface area contributed by atoms with Crippen LogP contribution in [0.2, 0.25) is 0 Å². The third kappa shape index (κ3) is 5.30. The first-order chi connectivity index (χ1) is 13.1. The van der Waals surface area contributed by atoms with Crippen LogP contribution >= 0.6 is 0 Å². The minimum Gasteiger partial charge on any atom is -0.545 e. The van der Waals surface area contributed by atoms with Gasteiger partial charge in [0.15, 0.2) is 6.61 Å². The number of alkyl halides is 4. The number of benzene rings is 1. The Hall–Kier alpha value is -2.91. The number of esters is 1. The molecule has 1 aromatic carbocycles. The molecule has 0 saturated carbocycles. The molecule has 1 N–H and O–H groups in total. The number of carbonyl (C=O) groups excluding carboxylic acids is 3. The van der Waals surface area contributed by atoms with Gasteiger partial charge < -0.3 is 20.0 Å². The number of rotatable bonds is 7. The Kier molecular flexibility index (Phi) is 6.76. The molecule has 1 aliphatic carbocycles. The van der Waals surface area contributed by atoms with Crippen LogP contribution in [0.3, 0.4) is 0 Å². The summed E-state index contributed by atoms with van der Waals surface area (Å²) in [5.74, 6) is -9.72. The summed E-state index contributed by atoms with van der Waals surface area (Å²) in [5.41, 5.74) is 0.154. The highest BCUT2D eigenvalue weighted by Gasteiger charge is 2.43. The molecule has 0 unspecified atom stereocenters. The van der Waals surface area contributed by atoms with Crippen molar-refractivity contribution in [1.29, 1.82) is 0 Å². The van der Waals surface area contributed by atoms with E-state index in [0.29, 0.717) is 0 Å². The normalized spacial score (nSPS) is 19.3. The molecule has 2 atom stereocenters. The quantitative estimate of drug-likeness (QED) is 0.428. The van der Waals surface area contributed by atoms with Crippen molar-refractivity contribution in [2.75, 3.05) is 11.9 Å². The van der Waals surface area contributed by atoms with Crippen LogP contribution in [0.25, 0.3) is 0 Å². The largest absolute Gasteiger partial charge is 0.545 e. The number of hydrogen-bond acceptors (Lipinski definition) is 5. The number of carboxylic acid groups (broad SMARTS) is 1. The van der Waals surface area contributed by atoms with Crippen LogP contribution in [0.4, 0.5) is 23.2 Å². The van der Waals surface area contributed by atoms with Gasteiger partial charge in [-0.1, -0.05) is 24.3 Å². The van der Waals surface area contributed by atoms with Gasteiger partial charge in [-0.25, -0.2) is 8.78 Å². The number of ether oxygens (including phenoxy) is 1. The number of nitrogens with one attached hydrogen (secondary N) is 1. The predicted octanol–water partition coefficient (Wildman–Crippen LogP) is 2.01. The van der Waals surface area contributed by atoms with Crippen LogP contribution in [0, 0.1) is 11.8 Å². The van der Waals surface area contributed by atoms with Crippen molar-refractivity contribution < 1.29 is 41.8 Å². The highest BCUT2D eigenvalue weighted by atomic mass is 19.3. The molecule has 0 spiro atoms. The number of hydrogen-bond donors (Lipinski definition) is 1. The SMILES string of the molecule is O=C([O-])c1ccc(NC(=O)[C@H]2CC=CC[C@H]2C(=O)OCC(F)(F)C(F)F)cc1. The zero-order chi connectivity index (χ0) is 20.9. The standard InChI is InChI=1S/C18H17F4NO5/c19-17(20)18(21,22)9-28-16(27)13-4-2-1-3-12(13)14(24)23-11-7-5-10(6-8-11)15(25)26/h1-2,5-8,12-13,17H,3-4,9H2,(H,23,24)(H,25,26)/p-1/t12-,13+/m0/s1. The molecular formula is C18H16F4NO5-. The fraction of sp³-hybridized carbons (Fsp3) is 0.389. The van der Waals surface area contributed by atoms with Crippen LogP contribution in [0.1, 0.15) is 23.2 Å². The molecule has 0 heterocycles. The first-order valence-corrected chi connectivity index (χ1v) is 8.21. The van der Waals surface area contributed by atoms with Crippen molar-refractivity contribution in [2.24, 2.45) is 11.8 Å². The number of halogens is 4. The number of allylic oxidation sites excluding steroid dienone is 2. The minimum atomic E-state index is -4.47. The van der Waals surface area contributed by atoms with Crippen molar-refractivity contribution in [2.45, 2.75) is 25.2 Å². The van der Waals surface area contributed by atoms with Crippen LogP contribution in [0.5, 0.6) is 0 Å². The Labute approximate surface area is 157 Å². The van der Waals surface area contributed by atoms with Crippen LogP contribution in [-0.2, 0) is 14.3 Å². The van der Waals surface area contributed by atoms with Crippen molar-refractivity contribution >= 4 is 23.5 Å². The molecule has 0 saturated heterocycles. The summed E-state index contributed by atoms with van der Waals surface area (Å²) in [6, 6.07) is 5.06. The van der Waals surface area contributed by atoms with E-state index in [1.165, 1.54) is 24.3 Å². The van der Waals surface area contributed by atoms with Crippen LogP contribution in [-0.4, -0.2) is 36.8 Å². The number of aromatic carboxylic acids is 1. The molecule has 10 heteroatoms. The molecule has 0 aliphatic heterocycles. The zero-order valence-electron chi connectivity index (χ0n) is 14.4. The lowest BCUT2D eigenvalue weighted by Gasteiger charge is -2.26. The number of amides is 1. The molecule has 6 nitrogen and oxygen atoms in total. The third-order valence-corrected chi connectivity index (χ3v) is 4.19. The smallest absolute Gasteiger partial charge is 0.340 e. The summed E-state index contributed by atoms with van der Waals surface area (Å²) in [6.45, 7) is -1.78. The lowest BCUT2D eigenvalue weighted by atomic mass is 9.82. The number of carboxylic acids is 1.